The second kappa shape index (κ2) is 11.6. The van der Waals surface area contributed by atoms with Crippen LogP contribution in [0.5, 0.6) is 0 Å². The Morgan fingerprint density at radius 3 is 2.17 bits per heavy atom. The van der Waals surface area contributed by atoms with Crippen molar-refractivity contribution in [1.82, 2.24) is 0 Å². The van der Waals surface area contributed by atoms with Gasteiger partial charge in [0.05, 0.1) is 19.1 Å². The largest absolute Gasteiger partial charge is 0.455 e. The van der Waals surface area contributed by atoms with Crippen LogP contribution < -0.4 is 0 Å². The van der Waals surface area contributed by atoms with Crippen LogP contribution >= 0.6 is 7.60 Å². The number of esters is 1. The van der Waals surface area contributed by atoms with Crippen LogP contribution in [-0.2, 0) is 23.1 Å². The van der Waals surface area contributed by atoms with Gasteiger partial charge in [-0.05, 0) is 53.0 Å². The van der Waals surface area contributed by atoms with Crippen molar-refractivity contribution in [2.24, 2.45) is 0 Å². The molecule has 0 saturated heterocycles. The molecule has 0 aliphatic heterocycles. The van der Waals surface area contributed by atoms with Crippen molar-refractivity contribution in [1.29, 1.82) is 0 Å². The number of benzene rings is 1. The van der Waals surface area contributed by atoms with Gasteiger partial charge in [0.15, 0.2) is 6.10 Å². The van der Waals surface area contributed by atoms with Crippen molar-refractivity contribution >= 4 is 13.6 Å². The molecule has 0 bridgehead atoms. The van der Waals surface area contributed by atoms with E-state index >= 15 is 8.78 Å². The van der Waals surface area contributed by atoms with Gasteiger partial charge in [-0.3, -0.25) is 9.36 Å². The number of halogens is 2. The van der Waals surface area contributed by atoms with Crippen LogP contribution in [0.3, 0.4) is 0 Å². The van der Waals surface area contributed by atoms with E-state index in [0.717, 1.165) is 5.57 Å². The number of hydrogen-bond acceptors (Lipinski definition) is 5. The van der Waals surface area contributed by atoms with Gasteiger partial charge < -0.3 is 13.8 Å². The van der Waals surface area contributed by atoms with Gasteiger partial charge >= 0.3 is 19.2 Å². The molecule has 0 spiro atoms. The van der Waals surface area contributed by atoms with E-state index in [1.807, 2.05) is 13.8 Å². The second-order valence-corrected chi connectivity index (χ2v) is 8.95. The highest BCUT2D eigenvalue weighted by Gasteiger charge is 2.60. The smallest absolute Gasteiger partial charge is 0.403 e. The molecular weight excluding hydrogens is 401 g/mol. The third-order valence-corrected chi connectivity index (χ3v) is 6.46. The van der Waals surface area contributed by atoms with Gasteiger partial charge in [-0.25, -0.2) is 0 Å². The molecular formula is C21H31F2O5P. The van der Waals surface area contributed by atoms with Crippen molar-refractivity contribution in [3.8, 4) is 0 Å². The molecule has 1 rings (SSSR count). The van der Waals surface area contributed by atoms with Gasteiger partial charge in [0.25, 0.3) is 0 Å². The zero-order chi connectivity index (χ0) is 22.1. The Kier molecular flexibility index (Phi) is 10.2. The number of carbonyl (C=O) groups excluding carboxylic acids is 1. The minimum absolute atomic E-state index is 0.213. The molecule has 8 heteroatoms. The lowest BCUT2D eigenvalue weighted by Crippen LogP contribution is -2.39. The van der Waals surface area contributed by atoms with Crippen LogP contribution in [0, 0.1) is 0 Å². The Morgan fingerprint density at radius 2 is 1.69 bits per heavy atom. The lowest BCUT2D eigenvalue weighted by atomic mass is 10.0. The molecule has 1 aromatic rings. The van der Waals surface area contributed by atoms with Crippen LogP contribution in [0.2, 0.25) is 0 Å². The van der Waals surface area contributed by atoms with Crippen LogP contribution in [0.15, 0.2) is 42.0 Å². The van der Waals surface area contributed by atoms with E-state index in [2.05, 4.69) is 0 Å². The van der Waals surface area contributed by atoms with Gasteiger partial charge in [0.2, 0.25) is 0 Å². The molecule has 164 valence electrons. The summed E-state index contributed by atoms with van der Waals surface area (Å²) in [5.41, 5.74) is -2.41. The highest BCUT2D eigenvalue weighted by Crippen LogP contribution is 2.64. The van der Waals surface area contributed by atoms with Crippen molar-refractivity contribution in [3.05, 3.63) is 47.5 Å². The number of hydrogen-bond donors (Lipinski definition) is 0. The maximum Gasteiger partial charge on any atom is 0.403 e. The molecule has 0 aliphatic carbocycles. The van der Waals surface area contributed by atoms with E-state index in [4.69, 9.17) is 13.8 Å². The van der Waals surface area contributed by atoms with Crippen molar-refractivity contribution in [2.75, 3.05) is 13.2 Å². The standard InChI is InChI=1S/C21H31F2O5P/c1-6-26-29(25,27-7-2)21(22,23)19(15-11-12-16(3)4)28-20(24)17(5)18-13-9-8-10-14-18/h8-10,12-14,17,19H,6-7,11,15H2,1-5H3/t17-,19-/m1/s1. The van der Waals surface area contributed by atoms with E-state index in [1.54, 1.807) is 43.3 Å². The van der Waals surface area contributed by atoms with E-state index in [1.165, 1.54) is 13.8 Å². The Bertz CT molecular complexity index is 707. The zero-order valence-corrected chi connectivity index (χ0v) is 18.6. The van der Waals surface area contributed by atoms with Gasteiger partial charge in [-0.2, -0.15) is 8.78 Å². The first-order chi connectivity index (χ1) is 13.6. The maximum atomic E-state index is 15.3. The Hall–Kier alpha value is -1.56. The summed E-state index contributed by atoms with van der Waals surface area (Å²) in [6.45, 7) is 7.70. The summed E-state index contributed by atoms with van der Waals surface area (Å²) in [4.78, 5) is 12.6. The predicted octanol–water partition coefficient (Wildman–Crippen LogP) is 6.31. The summed E-state index contributed by atoms with van der Waals surface area (Å²) in [5, 5.41) is 0. The summed E-state index contributed by atoms with van der Waals surface area (Å²) in [7, 11) is -4.83. The molecule has 2 atom stereocenters. The summed E-state index contributed by atoms with van der Waals surface area (Å²) in [5.74, 6) is -1.57. The zero-order valence-electron chi connectivity index (χ0n) is 17.7. The summed E-state index contributed by atoms with van der Waals surface area (Å²) in [6, 6.07) is 8.72. The monoisotopic (exact) mass is 432 g/mol. The van der Waals surface area contributed by atoms with Gasteiger partial charge in [0, 0.05) is 0 Å². The first kappa shape index (κ1) is 25.5. The summed E-state index contributed by atoms with van der Waals surface area (Å²) < 4.78 is 58.2. The lowest BCUT2D eigenvalue weighted by Gasteiger charge is -2.32. The second-order valence-electron chi connectivity index (χ2n) is 6.84. The number of rotatable bonds is 12. The Labute approximate surface area is 172 Å². The molecule has 0 fully saturated rings. The SMILES string of the molecule is CCOP(=O)(OCC)C(F)(F)[C@@H](CCC=C(C)C)OC(=O)[C@H](C)c1ccccc1. The molecule has 5 nitrogen and oxygen atoms in total. The maximum absolute atomic E-state index is 15.3. The van der Waals surface area contributed by atoms with Crippen LogP contribution in [0.4, 0.5) is 8.78 Å². The molecule has 0 aromatic heterocycles. The normalized spacial score (nSPS) is 14.2. The summed E-state index contributed by atoms with van der Waals surface area (Å²) in [6.07, 6.45) is -0.173. The predicted molar refractivity (Wildman–Crippen MR) is 109 cm³/mol. The molecule has 1 aromatic carbocycles. The Balaban J connectivity index is 3.15. The quantitative estimate of drug-likeness (QED) is 0.220. The molecule has 0 saturated carbocycles. The van der Waals surface area contributed by atoms with Gasteiger partial charge in [0.1, 0.15) is 0 Å². The van der Waals surface area contributed by atoms with Gasteiger partial charge in [-0.15, -0.1) is 0 Å². The molecule has 0 radical (unpaired) electrons. The molecule has 29 heavy (non-hydrogen) atoms. The minimum Gasteiger partial charge on any atom is -0.455 e. The first-order valence-corrected chi connectivity index (χ1v) is 11.3. The van der Waals surface area contributed by atoms with Crippen LogP contribution in [0.25, 0.3) is 0 Å². The van der Waals surface area contributed by atoms with E-state index in [0.29, 0.717) is 5.56 Å². The third-order valence-electron chi connectivity index (χ3n) is 4.24. The average molecular weight is 432 g/mol. The third kappa shape index (κ3) is 7.02. The Morgan fingerprint density at radius 1 is 1.14 bits per heavy atom. The fourth-order valence-corrected chi connectivity index (χ4v) is 4.31. The number of carbonyl (C=O) groups is 1. The highest BCUT2D eigenvalue weighted by molar-refractivity contribution is 7.55. The summed E-state index contributed by atoms with van der Waals surface area (Å²) >= 11 is 0. The van der Waals surface area contributed by atoms with E-state index in [-0.39, 0.29) is 26.1 Å². The fourth-order valence-electron chi connectivity index (χ4n) is 2.67. The number of ether oxygens (including phenoxy) is 1. The van der Waals surface area contributed by atoms with Crippen LogP contribution in [0.1, 0.15) is 58.9 Å². The van der Waals surface area contributed by atoms with Crippen LogP contribution in [-0.4, -0.2) is 31.0 Å². The number of allylic oxidation sites excluding steroid dienone is 2. The lowest BCUT2D eigenvalue weighted by molar-refractivity contribution is -0.165. The molecule has 0 amide bonds. The van der Waals surface area contributed by atoms with E-state index in [9.17, 15) is 9.36 Å². The van der Waals surface area contributed by atoms with Gasteiger partial charge in [-0.1, -0.05) is 42.0 Å². The fraction of sp³-hybridized carbons (Fsp3) is 0.571. The number of alkyl halides is 2. The topological polar surface area (TPSA) is 61.8 Å². The first-order valence-electron chi connectivity index (χ1n) is 9.74. The van der Waals surface area contributed by atoms with Crippen molar-refractivity contribution in [3.63, 3.8) is 0 Å². The minimum atomic E-state index is -4.83. The molecule has 0 N–H and O–H groups in total. The molecule has 0 heterocycles. The molecule has 0 aliphatic rings. The van der Waals surface area contributed by atoms with Crippen molar-refractivity contribution in [2.45, 2.75) is 65.1 Å². The average Bonchev–Trinajstić information content (AvgIpc) is 2.67. The highest BCUT2D eigenvalue weighted by atomic mass is 31.2. The molecule has 0 unspecified atom stereocenters. The van der Waals surface area contributed by atoms with E-state index < -0.39 is 31.3 Å². The van der Waals surface area contributed by atoms with Crippen molar-refractivity contribution < 1.29 is 31.9 Å².